The summed E-state index contributed by atoms with van der Waals surface area (Å²) in [6, 6.07) is 2.90. The van der Waals surface area contributed by atoms with E-state index in [4.69, 9.17) is 0 Å². The highest BCUT2D eigenvalue weighted by atomic mass is 19.1. The highest BCUT2D eigenvalue weighted by Gasteiger charge is 2.39. The number of halogens is 2. The normalized spacial score (nSPS) is 14.4. The molecule has 5 heteroatoms. The van der Waals surface area contributed by atoms with Gasteiger partial charge in [0, 0.05) is 11.6 Å². The Morgan fingerprint density at radius 3 is 2.50 bits per heavy atom. The molecule has 0 spiro atoms. The maximum Gasteiger partial charge on any atom is 0.330 e. The predicted octanol–water partition coefficient (Wildman–Crippen LogP) is 2.35. The molecule has 0 aliphatic rings. The highest BCUT2D eigenvalue weighted by molar-refractivity contribution is 5.82. The van der Waals surface area contributed by atoms with Crippen molar-refractivity contribution in [2.45, 2.75) is 32.4 Å². The van der Waals surface area contributed by atoms with Gasteiger partial charge in [-0.1, -0.05) is 0 Å². The number of benzene rings is 1. The lowest BCUT2D eigenvalue weighted by Crippen LogP contribution is -2.50. The number of methoxy groups -OCH3 is 1. The van der Waals surface area contributed by atoms with Crippen molar-refractivity contribution in [3.8, 4) is 0 Å². The second kappa shape index (κ2) is 5.44. The molecule has 1 aromatic rings. The van der Waals surface area contributed by atoms with Crippen molar-refractivity contribution in [1.29, 1.82) is 0 Å². The SMILES string of the molecule is COC(=O)C(C)(NC(C)C)c1cc(F)ccc1F. The molecule has 0 aliphatic heterocycles. The largest absolute Gasteiger partial charge is 0.467 e. The van der Waals surface area contributed by atoms with E-state index in [1.807, 2.05) is 0 Å². The molecule has 0 amide bonds. The van der Waals surface area contributed by atoms with Crippen LogP contribution >= 0.6 is 0 Å². The molecule has 3 nitrogen and oxygen atoms in total. The van der Waals surface area contributed by atoms with Crippen LogP contribution in [0.5, 0.6) is 0 Å². The molecule has 0 aromatic heterocycles. The van der Waals surface area contributed by atoms with Crippen LogP contribution in [-0.2, 0) is 15.1 Å². The molecule has 0 heterocycles. The first-order valence-corrected chi connectivity index (χ1v) is 5.63. The first-order valence-electron chi connectivity index (χ1n) is 5.63. The molecule has 0 aliphatic carbocycles. The van der Waals surface area contributed by atoms with Crippen LogP contribution in [0, 0.1) is 11.6 Å². The van der Waals surface area contributed by atoms with Gasteiger partial charge in [0.15, 0.2) is 0 Å². The number of carbonyl (C=O) groups excluding carboxylic acids is 1. The third-order valence-electron chi connectivity index (χ3n) is 2.64. The maximum atomic E-state index is 13.8. The zero-order valence-electron chi connectivity index (χ0n) is 10.9. The van der Waals surface area contributed by atoms with E-state index in [1.54, 1.807) is 13.8 Å². The minimum absolute atomic E-state index is 0.0666. The molecule has 1 unspecified atom stereocenters. The average Bonchev–Trinajstić information content (AvgIpc) is 2.30. The van der Waals surface area contributed by atoms with Gasteiger partial charge >= 0.3 is 5.97 Å². The maximum absolute atomic E-state index is 13.8. The molecule has 1 aromatic carbocycles. The molecule has 0 bridgehead atoms. The van der Waals surface area contributed by atoms with Crippen molar-refractivity contribution in [3.05, 3.63) is 35.4 Å². The summed E-state index contributed by atoms with van der Waals surface area (Å²) in [6.07, 6.45) is 0. The van der Waals surface area contributed by atoms with Crippen LogP contribution in [0.15, 0.2) is 18.2 Å². The quantitative estimate of drug-likeness (QED) is 0.841. The highest BCUT2D eigenvalue weighted by Crippen LogP contribution is 2.26. The van der Waals surface area contributed by atoms with Crippen molar-refractivity contribution in [1.82, 2.24) is 5.32 Å². The molecule has 0 saturated carbocycles. The number of esters is 1. The van der Waals surface area contributed by atoms with Crippen LogP contribution in [0.4, 0.5) is 8.78 Å². The van der Waals surface area contributed by atoms with Crippen LogP contribution in [0.2, 0.25) is 0 Å². The van der Waals surface area contributed by atoms with Crippen molar-refractivity contribution < 1.29 is 18.3 Å². The molecule has 0 radical (unpaired) electrons. The van der Waals surface area contributed by atoms with Gasteiger partial charge in [0.05, 0.1) is 7.11 Å². The summed E-state index contributed by atoms with van der Waals surface area (Å²) in [5.41, 5.74) is -1.49. The molecule has 18 heavy (non-hydrogen) atoms. The van der Waals surface area contributed by atoms with E-state index in [1.165, 1.54) is 14.0 Å². The molecule has 100 valence electrons. The van der Waals surface area contributed by atoms with Gasteiger partial charge in [0.2, 0.25) is 0 Å². The van der Waals surface area contributed by atoms with Crippen LogP contribution in [0.1, 0.15) is 26.3 Å². The first kappa shape index (κ1) is 14.6. The summed E-state index contributed by atoms with van der Waals surface area (Å²) in [4.78, 5) is 11.9. The summed E-state index contributed by atoms with van der Waals surface area (Å²) in [6.45, 7) is 5.08. The molecule has 0 saturated heterocycles. The Labute approximate surface area is 105 Å². The molecule has 1 atom stereocenters. The number of hydrogen-bond acceptors (Lipinski definition) is 3. The fourth-order valence-electron chi connectivity index (χ4n) is 1.91. The Kier molecular flexibility index (Phi) is 4.40. The Bertz CT molecular complexity index is 449. The van der Waals surface area contributed by atoms with E-state index in [0.29, 0.717) is 0 Å². The molecule has 1 N–H and O–H groups in total. The zero-order chi connectivity index (χ0) is 13.9. The standard InChI is InChI=1S/C13H17F2NO2/c1-8(2)16-13(3,12(17)18-4)10-7-9(14)5-6-11(10)15/h5-8,16H,1-4H3. The smallest absolute Gasteiger partial charge is 0.330 e. The first-order chi connectivity index (χ1) is 8.31. The predicted molar refractivity (Wildman–Crippen MR) is 64.0 cm³/mol. The minimum Gasteiger partial charge on any atom is -0.467 e. The molecule has 1 rings (SSSR count). The van der Waals surface area contributed by atoms with Gasteiger partial charge in [-0.15, -0.1) is 0 Å². The Balaban J connectivity index is 3.33. The number of hydrogen-bond donors (Lipinski definition) is 1. The van der Waals surface area contributed by atoms with Gasteiger partial charge in [-0.3, -0.25) is 5.32 Å². The topological polar surface area (TPSA) is 38.3 Å². The second-order valence-electron chi connectivity index (χ2n) is 4.54. The fraction of sp³-hybridized carbons (Fsp3) is 0.462. The summed E-state index contributed by atoms with van der Waals surface area (Å²) >= 11 is 0. The minimum atomic E-state index is -1.42. The van der Waals surface area contributed by atoms with Gasteiger partial charge in [-0.05, 0) is 39.0 Å². The Morgan fingerprint density at radius 1 is 1.39 bits per heavy atom. The van der Waals surface area contributed by atoms with E-state index < -0.39 is 23.1 Å². The number of carbonyl (C=O) groups is 1. The Morgan fingerprint density at radius 2 is 2.00 bits per heavy atom. The van der Waals surface area contributed by atoms with Crippen LogP contribution < -0.4 is 5.32 Å². The fourth-order valence-corrected chi connectivity index (χ4v) is 1.91. The summed E-state index contributed by atoms with van der Waals surface area (Å²) in [7, 11) is 1.21. The second-order valence-corrected chi connectivity index (χ2v) is 4.54. The summed E-state index contributed by atoms with van der Waals surface area (Å²) in [5.74, 6) is -1.93. The molecule has 0 fully saturated rings. The van der Waals surface area contributed by atoms with E-state index in [-0.39, 0.29) is 11.6 Å². The lowest BCUT2D eigenvalue weighted by Gasteiger charge is -2.30. The lowest BCUT2D eigenvalue weighted by molar-refractivity contribution is -0.148. The average molecular weight is 257 g/mol. The van der Waals surface area contributed by atoms with Crippen molar-refractivity contribution in [3.63, 3.8) is 0 Å². The third-order valence-corrected chi connectivity index (χ3v) is 2.64. The van der Waals surface area contributed by atoms with Crippen LogP contribution in [-0.4, -0.2) is 19.1 Å². The summed E-state index contributed by atoms with van der Waals surface area (Å²) < 4.78 is 31.7. The monoisotopic (exact) mass is 257 g/mol. The Hall–Kier alpha value is -1.49. The third kappa shape index (κ3) is 2.85. The van der Waals surface area contributed by atoms with Crippen molar-refractivity contribution >= 4 is 5.97 Å². The number of nitrogens with one attached hydrogen (secondary N) is 1. The van der Waals surface area contributed by atoms with Gasteiger partial charge in [-0.25, -0.2) is 13.6 Å². The van der Waals surface area contributed by atoms with Gasteiger partial charge in [0.25, 0.3) is 0 Å². The van der Waals surface area contributed by atoms with Crippen LogP contribution in [0.25, 0.3) is 0 Å². The zero-order valence-corrected chi connectivity index (χ0v) is 10.9. The van der Waals surface area contributed by atoms with E-state index >= 15 is 0 Å². The number of ether oxygens (including phenoxy) is 1. The molecular weight excluding hydrogens is 240 g/mol. The van der Waals surface area contributed by atoms with Crippen molar-refractivity contribution in [2.24, 2.45) is 0 Å². The van der Waals surface area contributed by atoms with Gasteiger partial charge < -0.3 is 4.74 Å². The van der Waals surface area contributed by atoms with Gasteiger partial charge in [0.1, 0.15) is 17.2 Å². The molecular formula is C13H17F2NO2. The van der Waals surface area contributed by atoms with E-state index in [2.05, 4.69) is 10.1 Å². The van der Waals surface area contributed by atoms with Gasteiger partial charge in [-0.2, -0.15) is 0 Å². The van der Waals surface area contributed by atoms with Crippen molar-refractivity contribution in [2.75, 3.05) is 7.11 Å². The number of rotatable bonds is 4. The summed E-state index contributed by atoms with van der Waals surface area (Å²) in [5, 5.41) is 2.91. The van der Waals surface area contributed by atoms with Crippen LogP contribution in [0.3, 0.4) is 0 Å². The lowest BCUT2D eigenvalue weighted by atomic mass is 9.90. The van der Waals surface area contributed by atoms with E-state index in [9.17, 15) is 13.6 Å². The van der Waals surface area contributed by atoms with E-state index in [0.717, 1.165) is 18.2 Å².